The standard InChI is InChI=1S/C51H34O6/c52-50(56-40-19-3-1-4-20-40)44-25-13-7-15-34(44)27-29-38-31-36-17-9-11-23-42(36)46-47-43-24-12-10-18-37(43)32-39(49(47)55-33-54-48(38)46)30-28-35-16-8-14-26-45(35)51(53)57-41-21-5-2-6-22-41/h1-32H,33H2/b29-27+,30-28+. The number of carbonyl (C=O) groups excluding carboxylic acids is 2. The Bertz CT molecular complexity index is 2660. The minimum absolute atomic E-state index is 0.0433. The molecular weight excluding hydrogens is 709 g/mol. The number of rotatable bonds is 8. The molecule has 6 nitrogen and oxygen atoms in total. The molecule has 0 spiro atoms. The van der Waals surface area contributed by atoms with Crippen molar-refractivity contribution >= 4 is 57.8 Å². The van der Waals surface area contributed by atoms with Crippen molar-refractivity contribution in [3.05, 3.63) is 203 Å². The lowest BCUT2D eigenvalue weighted by atomic mass is 9.88. The topological polar surface area (TPSA) is 71.1 Å². The van der Waals surface area contributed by atoms with Gasteiger partial charge in [-0.1, -0.05) is 146 Å². The zero-order chi connectivity index (χ0) is 38.6. The molecule has 0 unspecified atom stereocenters. The first-order valence-electron chi connectivity index (χ1n) is 18.6. The Labute approximate surface area is 329 Å². The molecule has 0 aliphatic carbocycles. The zero-order valence-corrected chi connectivity index (χ0v) is 30.6. The predicted octanol–water partition coefficient (Wildman–Crippen LogP) is 12.2. The lowest BCUT2D eigenvalue weighted by Gasteiger charge is -2.17. The molecule has 0 saturated carbocycles. The molecule has 9 rings (SSSR count). The van der Waals surface area contributed by atoms with Crippen molar-refractivity contribution < 1.29 is 28.5 Å². The fraction of sp³-hybridized carbons (Fsp3) is 0.0196. The second kappa shape index (κ2) is 15.6. The molecule has 1 heterocycles. The number of ether oxygens (including phenoxy) is 4. The van der Waals surface area contributed by atoms with Crippen molar-refractivity contribution in [2.75, 3.05) is 6.79 Å². The maximum Gasteiger partial charge on any atom is 0.344 e. The summed E-state index contributed by atoms with van der Waals surface area (Å²) in [6.07, 6.45) is 7.78. The van der Waals surface area contributed by atoms with Crippen molar-refractivity contribution in [2.24, 2.45) is 0 Å². The van der Waals surface area contributed by atoms with Crippen LogP contribution in [0.3, 0.4) is 0 Å². The third kappa shape index (κ3) is 7.15. The molecule has 274 valence electrons. The van der Waals surface area contributed by atoms with Crippen molar-refractivity contribution in [2.45, 2.75) is 0 Å². The van der Waals surface area contributed by atoms with Crippen molar-refractivity contribution in [3.8, 4) is 34.1 Å². The highest BCUT2D eigenvalue weighted by Crippen LogP contribution is 2.50. The number of esters is 2. The van der Waals surface area contributed by atoms with E-state index in [9.17, 15) is 9.59 Å². The molecule has 0 N–H and O–H groups in total. The molecule has 8 aromatic carbocycles. The maximum atomic E-state index is 13.3. The van der Waals surface area contributed by atoms with Gasteiger partial charge in [0.25, 0.3) is 0 Å². The second-order valence-electron chi connectivity index (χ2n) is 13.4. The highest BCUT2D eigenvalue weighted by Gasteiger charge is 2.26. The Hall–Kier alpha value is -7.70. The molecule has 0 saturated heterocycles. The minimum Gasteiger partial charge on any atom is -0.456 e. The molecule has 0 bridgehead atoms. The van der Waals surface area contributed by atoms with Gasteiger partial charge >= 0.3 is 11.9 Å². The average Bonchev–Trinajstić information content (AvgIpc) is 3.47. The van der Waals surface area contributed by atoms with Gasteiger partial charge in [0.2, 0.25) is 6.79 Å². The SMILES string of the molecule is O=C(Oc1ccccc1)c1ccccc1/C=C/c1cc2ccccc2c2c1OCOc1c(/C=C/c3ccccc3C(=O)Oc3ccccc3)cc3ccccc3c1-2. The summed E-state index contributed by atoms with van der Waals surface area (Å²) in [6.45, 7) is -0.0433. The summed E-state index contributed by atoms with van der Waals surface area (Å²) in [7, 11) is 0. The van der Waals surface area contributed by atoms with Crippen LogP contribution in [0.15, 0.2) is 170 Å². The van der Waals surface area contributed by atoms with E-state index in [0.29, 0.717) is 45.3 Å². The monoisotopic (exact) mass is 742 g/mol. The van der Waals surface area contributed by atoms with E-state index in [2.05, 4.69) is 36.4 Å². The Morgan fingerprint density at radius 1 is 0.421 bits per heavy atom. The summed E-state index contributed by atoms with van der Waals surface area (Å²) < 4.78 is 24.5. The summed E-state index contributed by atoms with van der Waals surface area (Å²) in [5.74, 6) is 1.38. The van der Waals surface area contributed by atoms with Crippen LogP contribution in [0.25, 0.3) is 57.0 Å². The van der Waals surface area contributed by atoms with Gasteiger partial charge in [-0.3, -0.25) is 0 Å². The number of benzene rings is 8. The molecule has 0 atom stereocenters. The Kier molecular flexibility index (Phi) is 9.57. The van der Waals surface area contributed by atoms with Gasteiger partial charge in [0.05, 0.1) is 11.1 Å². The fourth-order valence-corrected chi connectivity index (χ4v) is 7.22. The van der Waals surface area contributed by atoms with Gasteiger partial charge in [-0.2, -0.15) is 0 Å². The van der Waals surface area contributed by atoms with E-state index in [1.165, 1.54) is 0 Å². The molecular formula is C51H34O6. The summed E-state index contributed by atoms with van der Waals surface area (Å²) in [4.78, 5) is 26.7. The molecule has 57 heavy (non-hydrogen) atoms. The van der Waals surface area contributed by atoms with Gasteiger partial charge in [-0.05, 0) is 81.2 Å². The van der Waals surface area contributed by atoms with E-state index in [1.54, 1.807) is 36.4 Å². The third-order valence-electron chi connectivity index (χ3n) is 9.87. The minimum atomic E-state index is -0.444. The maximum absolute atomic E-state index is 13.3. The molecule has 0 fully saturated rings. The first kappa shape index (κ1) is 35.0. The number of carbonyl (C=O) groups is 2. The molecule has 0 radical (unpaired) electrons. The van der Waals surface area contributed by atoms with E-state index >= 15 is 0 Å². The number of para-hydroxylation sites is 2. The van der Waals surface area contributed by atoms with Crippen LogP contribution in [0.5, 0.6) is 23.0 Å². The Morgan fingerprint density at radius 3 is 1.25 bits per heavy atom. The quantitative estimate of drug-likeness (QED) is 0.0877. The predicted molar refractivity (Wildman–Crippen MR) is 227 cm³/mol. The Balaban J connectivity index is 1.16. The number of fused-ring (bicyclic) bond motifs is 7. The van der Waals surface area contributed by atoms with Crippen LogP contribution in [0.2, 0.25) is 0 Å². The second-order valence-corrected chi connectivity index (χ2v) is 13.4. The van der Waals surface area contributed by atoms with E-state index in [4.69, 9.17) is 18.9 Å². The summed E-state index contributed by atoms with van der Waals surface area (Å²) in [5.41, 5.74) is 5.73. The van der Waals surface area contributed by atoms with Crippen molar-refractivity contribution in [1.82, 2.24) is 0 Å². The molecule has 0 amide bonds. The van der Waals surface area contributed by atoms with E-state index in [1.807, 2.05) is 121 Å². The van der Waals surface area contributed by atoms with Crippen LogP contribution in [0.4, 0.5) is 0 Å². The van der Waals surface area contributed by atoms with Crippen LogP contribution in [-0.2, 0) is 0 Å². The van der Waals surface area contributed by atoms with E-state index in [0.717, 1.165) is 43.8 Å². The van der Waals surface area contributed by atoms with Gasteiger partial charge in [0.1, 0.15) is 23.0 Å². The molecule has 0 aromatic heterocycles. The van der Waals surface area contributed by atoms with Crippen molar-refractivity contribution in [1.29, 1.82) is 0 Å². The fourth-order valence-electron chi connectivity index (χ4n) is 7.22. The van der Waals surface area contributed by atoms with Gasteiger partial charge in [-0.15, -0.1) is 0 Å². The van der Waals surface area contributed by atoms with Crippen LogP contribution < -0.4 is 18.9 Å². The Morgan fingerprint density at radius 2 is 0.789 bits per heavy atom. The molecule has 1 aliphatic rings. The molecule has 6 heteroatoms. The number of hydrogen-bond acceptors (Lipinski definition) is 6. The van der Waals surface area contributed by atoms with Crippen LogP contribution in [0, 0.1) is 0 Å². The molecule has 1 aliphatic heterocycles. The van der Waals surface area contributed by atoms with Crippen molar-refractivity contribution in [3.63, 3.8) is 0 Å². The highest BCUT2D eigenvalue weighted by atomic mass is 16.7. The normalized spacial score (nSPS) is 12.1. The van der Waals surface area contributed by atoms with Crippen LogP contribution in [-0.4, -0.2) is 18.7 Å². The summed E-state index contributed by atoms with van der Waals surface area (Å²) in [6, 6.07) is 53.5. The van der Waals surface area contributed by atoms with Crippen LogP contribution >= 0.6 is 0 Å². The zero-order valence-electron chi connectivity index (χ0n) is 30.6. The first-order valence-corrected chi connectivity index (χ1v) is 18.6. The summed E-state index contributed by atoms with van der Waals surface area (Å²) in [5, 5.41) is 4.03. The smallest absolute Gasteiger partial charge is 0.344 e. The first-order chi connectivity index (χ1) is 28.1. The largest absolute Gasteiger partial charge is 0.456 e. The van der Waals surface area contributed by atoms with E-state index < -0.39 is 11.9 Å². The van der Waals surface area contributed by atoms with Crippen LogP contribution in [0.1, 0.15) is 43.0 Å². The van der Waals surface area contributed by atoms with Gasteiger partial charge in [0, 0.05) is 22.3 Å². The third-order valence-corrected chi connectivity index (χ3v) is 9.87. The average molecular weight is 743 g/mol. The lowest BCUT2D eigenvalue weighted by molar-refractivity contribution is 0.0725. The lowest BCUT2D eigenvalue weighted by Crippen LogP contribution is -2.10. The van der Waals surface area contributed by atoms with Gasteiger partial charge < -0.3 is 18.9 Å². The number of hydrogen-bond donors (Lipinski definition) is 0. The summed E-state index contributed by atoms with van der Waals surface area (Å²) >= 11 is 0. The van der Waals surface area contributed by atoms with Gasteiger partial charge in [0.15, 0.2) is 0 Å². The van der Waals surface area contributed by atoms with Gasteiger partial charge in [-0.25, -0.2) is 9.59 Å². The molecule has 8 aromatic rings. The highest BCUT2D eigenvalue weighted by molar-refractivity contribution is 6.13. The van der Waals surface area contributed by atoms with E-state index in [-0.39, 0.29) is 6.79 Å².